The van der Waals surface area contributed by atoms with Crippen LogP contribution in [0.1, 0.15) is 25.3 Å². The maximum absolute atomic E-state index is 13.0. The summed E-state index contributed by atoms with van der Waals surface area (Å²) in [5, 5.41) is 21.2. The van der Waals surface area contributed by atoms with Crippen molar-refractivity contribution < 1.29 is 38.2 Å². The molecule has 0 spiro atoms. The van der Waals surface area contributed by atoms with Crippen molar-refractivity contribution in [1.82, 2.24) is 29.1 Å². The molecule has 0 radical (unpaired) electrons. The van der Waals surface area contributed by atoms with E-state index in [1.165, 1.54) is 26.8 Å². The molecule has 2 saturated heterocycles. The molecule has 45 heavy (non-hydrogen) atoms. The Morgan fingerprint density at radius 2 is 1.89 bits per heavy atom. The van der Waals surface area contributed by atoms with Crippen LogP contribution in [0.15, 0.2) is 45.0 Å². The number of thiophene rings is 1. The first-order valence-electron chi connectivity index (χ1n) is 13.7. The van der Waals surface area contributed by atoms with Gasteiger partial charge in [-0.2, -0.15) is 4.98 Å². The molecule has 7 N–H and O–H groups in total. The molecule has 2 aliphatic heterocycles. The SMILES string of the molecule is Nc1nc2c(ncn2[C@H]2C[C@H](O)[C@@H](COP(=O)(O)O[C@H]3C[C@H](n4c(=O)[nH]c(=O)c5sc6ccccc6c54)O[C@@H]3CO)O2)c(=O)[nH]1. The van der Waals surface area contributed by atoms with E-state index in [0.29, 0.717) is 15.6 Å². The summed E-state index contributed by atoms with van der Waals surface area (Å²) >= 11 is 1.20. The van der Waals surface area contributed by atoms with E-state index >= 15 is 0 Å². The van der Waals surface area contributed by atoms with Gasteiger partial charge in [-0.15, -0.1) is 11.3 Å². The first-order chi connectivity index (χ1) is 21.5. The molecule has 5 aromatic rings. The number of benzene rings is 1. The van der Waals surface area contributed by atoms with Gasteiger partial charge in [0.25, 0.3) is 11.1 Å². The summed E-state index contributed by atoms with van der Waals surface area (Å²) in [6.45, 7) is -1.17. The van der Waals surface area contributed by atoms with Crippen LogP contribution < -0.4 is 22.5 Å². The molecule has 0 amide bonds. The maximum atomic E-state index is 13.0. The van der Waals surface area contributed by atoms with E-state index in [1.54, 1.807) is 18.2 Å². The number of aromatic nitrogens is 6. The number of H-pyrrole nitrogens is 2. The van der Waals surface area contributed by atoms with Crippen LogP contribution >= 0.6 is 19.2 Å². The molecule has 6 heterocycles. The van der Waals surface area contributed by atoms with E-state index in [1.807, 2.05) is 6.07 Å². The predicted octanol–water partition coefficient (Wildman–Crippen LogP) is 0.0503. The van der Waals surface area contributed by atoms with Gasteiger partial charge in [-0.05, 0) is 6.07 Å². The van der Waals surface area contributed by atoms with Crippen LogP contribution in [0, 0.1) is 0 Å². The number of imidazole rings is 1. The normalized spacial score (nSPS) is 26.7. The van der Waals surface area contributed by atoms with Gasteiger partial charge in [0.1, 0.15) is 35.5 Å². The molecule has 1 aromatic carbocycles. The third kappa shape index (κ3) is 5.31. The number of nitrogens with two attached hydrogens (primary N) is 1. The summed E-state index contributed by atoms with van der Waals surface area (Å²) in [6, 6.07) is 7.14. The van der Waals surface area contributed by atoms with Crippen LogP contribution in [0.25, 0.3) is 31.5 Å². The van der Waals surface area contributed by atoms with Crippen LogP contribution in [0.2, 0.25) is 0 Å². The van der Waals surface area contributed by atoms with Gasteiger partial charge in [-0.1, -0.05) is 18.2 Å². The molecule has 1 unspecified atom stereocenters. The summed E-state index contributed by atoms with van der Waals surface area (Å²) < 4.78 is 38.9. The second-order valence-electron chi connectivity index (χ2n) is 10.6. The Balaban J connectivity index is 1.06. The van der Waals surface area contributed by atoms with Gasteiger partial charge in [0, 0.05) is 22.9 Å². The van der Waals surface area contributed by atoms with Gasteiger partial charge in [0.2, 0.25) is 5.95 Å². The Kier molecular flexibility index (Phi) is 7.46. The molecule has 20 heteroatoms. The Morgan fingerprint density at radius 3 is 2.69 bits per heavy atom. The zero-order valence-electron chi connectivity index (χ0n) is 23.0. The van der Waals surface area contributed by atoms with Gasteiger partial charge >= 0.3 is 13.5 Å². The molecule has 238 valence electrons. The lowest BCUT2D eigenvalue weighted by Gasteiger charge is -2.21. The lowest BCUT2D eigenvalue weighted by atomic mass is 10.2. The number of nitrogen functional groups attached to an aromatic ring is 1. The summed E-state index contributed by atoms with van der Waals surface area (Å²) in [6.07, 6.45) is -5.22. The van der Waals surface area contributed by atoms with Crippen LogP contribution in [0.5, 0.6) is 0 Å². The van der Waals surface area contributed by atoms with Crippen molar-refractivity contribution in [2.45, 2.75) is 49.7 Å². The fourth-order valence-corrected chi connectivity index (χ4v) is 7.76. The number of phosphoric ester groups is 1. The first-order valence-corrected chi connectivity index (χ1v) is 16.0. The molecule has 4 aromatic heterocycles. The Hall–Kier alpha value is -3.78. The van der Waals surface area contributed by atoms with Crippen molar-refractivity contribution >= 4 is 56.6 Å². The number of anilines is 1. The zero-order chi connectivity index (χ0) is 31.6. The van der Waals surface area contributed by atoms with Crippen molar-refractivity contribution in [2.24, 2.45) is 0 Å². The second-order valence-corrected chi connectivity index (χ2v) is 13.0. The van der Waals surface area contributed by atoms with E-state index in [4.69, 9.17) is 24.3 Å². The minimum absolute atomic E-state index is 0.0165. The molecule has 7 rings (SSSR count). The van der Waals surface area contributed by atoms with Gasteiger partial charge in [-0.25, -0.2) is 14.3 Å². The maximum Gasteiger partial charge on any atom is 0.472 e. The lowest BCUT2D eigenvalue weighted by molar-refractivity contribution is -0.0558. The smallest absolute Gasteiger partial charge is 0.394 e. The number of hydrogen-bond acceptors (Lipinski definition) is 14. The first kappa shape index (κ1) is 29.9. The topological polar surface area (TPSA) is 259 Å². The zero-order valence-corrected chi connectivity index (χ0v) is 24.7. The molecular weight excluding hydrogens is 637 g/mol. The van der Waals surface area contributed by atoms with E-state index in [0.717, 1.165) is 4.70 Å². The van der Waals surface area contributed by atoms with E-state index in [-0.39, 0.29) is 30.0 Å². The van der Waals surface area contributed by atoms with E-state index < -0.39 is 74.7 Å². The van der Waals surface area contributed by atoms with E-state index in [9.17, 15) is 34.1 Å². The monoisotopic (exact) mass is 663 g/mol. The number of aliphatic hydroxyl groups is 2. The van der Waals surface area contributed by atoms with E-state index in [2.05, 4.69) is 19.9 Å². The number of aliphatic hydroxyl groups excluding tert-OH is 2. The largest absolute Gasteiger partial charge is 0.472 e. The number of aromatic amines is 2. The number of fused-ring (bicyclic) bond motifs is 4. The van der Waals surface area contributed by atoms with Gasteiger partial charge in [0.05, 0.1) is 31.2 Å². The standard InChI is InChI=1S/C25H26N7O11PS/c26-24-28-21-18(22(35)29-24)27-9-31(21)16-5-11(34)14(42-16)8-40-44(38,39)43-12-6-17(41-13(12)7-33)32-19-10-3-1-2-4-15(10)45-20(19)23(36)30-25(32)37/h1-4,9,11-14,16-17,33-34H,5-8H2,(H,38,39)(H,30,36,37)(H3,26,28,29,35)/t11-,12-,13+,14+,16+,17+/m0/s1. The number of rotatable bonds is 8. The third-order valence-electron chi connectivity index (χ3n) is 7.74. The highest BCUT2D eigenvalue weighted by Crippen LogP contribution is 2.49. The minimum atomic E-state index is -4.84. The molecule has 7 atom stereocenters. The van der Waals surface area contributed by atoms with Crippen molar-refractivity contribution in [3.63, 3.8) is 0 Å². The van der Waals surface area contributed by atoms with Gasteiger partial charge < -0.3 is 30.3 Å². The summed E-state index contributed by atoms with van der Waals surface area (Å²) in [4.78, 5) is 60.9. The molecule has 0 aliphatic carbocycles. The fraction of sp³-hybridized carbons (Fsp3) is 0.400. The summed E-state index contributed by atoms with van der Waals surface area (Å²) in [5.74, 6) is -0.135. The highest BCUT2D eigenvalue weighted by atomic mass is 32.1. The van der Waals surface area contributed by atoms with Gasteiger partial charge in [-0.3, -0.25) is 37.7 Å². The quantitative estimate of drug-likeness (QED) is 0.120. The lowest BCUT2D eigenvalue weighted by Crippen LogP contribution is -2.32. The molecule has 0 saturated carbocycles. The average Bonchev–Trinajstić information content (AvgIpc) is 3.76. The Bertz CT molecular complexity index is 2160. The molecule has 2 fully saturated rings. The highest BCUT2D eigenvalue weighted by Gasteiger charge is 2.44. The second kappa shape index (κ2) is 11.2. The number of phosphoric acid groups is 1. The average molecular weight is 664 g/mol. The third-order valence-corrected chi connectivity index (χ3v) is 9.91. The summed E-state index contributed by atoms with van der Waals surface area (Å²) in [5.41, 5.74) is 4.27. The number of nitrogens with zero attached hydrogens (tertiary/aromatic N) is 4. The van der Waals surface area contributed by atoms with Crippen LogP contribution in [-0.2, 0) is 23.1 Å². The number of ether oxygens (including phenoxy) is 2. The molecule has 18 nitrogen and oxygen atoms in total. The van der Waals surface area contributed by atoms with Gasteiger partial charge in [0.15, 0.2) is 11.2 Å². The number of hydrogen-bond donors (Lipinski definition) is 6. The molecule has 0 bridgehead atoms. The fourth-order valence-electron chi connectivity index (χ4n) is 5.71. The highest BCUT2D eigenvalue weighted by molar-refractivity contribution is 7.47. The summed E-state index contributed by atoms with van der Waals surface area (Å²) in [7, 11) is -4.84. The van der Waals surface area contributed by atoms with Crippen molar-refractivity contribution in [3.8, 4) is 0 Å². The van der Waals surface area contributed by atoms with Crippen molar-refractivity contribution in [3.05, 3.63) is 61.8 Å². The Labute approximate surface area is 254 Å². The van der Waals surface area contributed by atoms with Crippen LogP contribution in [0.3, 0.4) is 0 Å². The van der Waals surface area contributed by atoms with Crippen LogP contribution in [0.4, 0.5) is 5.95 Å². The van der Waals surface area contributed by atoms with Crippen LogP contribution in [-0.4, -0.2) is 81.8 Å². The van der Waals surface area contributed by atoms with Crippen molar-refractivity contribution in [1.29, 1.82) is 0 Å². The van der Waals surface area contributed by atoms with Crippen molar-refractivity contribution in [2.75, 3.05) is 18.9 Å². The predicted molar refractivity (Wildman–Crippen MR) is 158 cm³/mol. The molecule has 2 aliphatic rings. The minimum Gasteiger partial charge on any atom is -0.394 e. The Morgan fingerprint density at radius 1 is 1.11 bits per heavy atom. The molecular formula is C25H26N7O11PS. The number of nitrogens with one attached hydrogen (secondary N) is 2.